The fourth-order valence-electron chi connectivity index (χ4n) is 2.59. The first-order valence-electron chi connectivity index (χ1n) is 6.73. The number of benzene rings is 1. The molecule has 0 aromatic heterocycles. The largest absolute Gasteiger partial charge is 0.368 e. The minimum Gasteiger partial charge on any atom is -0.368 e. The van der Waals surface area contributed by atoms with Crippen molar-refractivity contribution in [3.63, 3.8) is 0 Å². The van der Waals surface area contributed by atoms with Crippen LogP contribution in [0.5, 0.6) is 0 Å². The van der Waals surface area contributed by atoms with Gasteiger partial charge in [-0.3, -0.25) is 4.79 Å². The molecule has 1 saturated carbocycles. The van der Waals surface area contributed by atoms with Gasteiger partial charge in [0.1, 0.15) is 0 Å². The van der Waals surface area contributed by atoms with Gasteiger partial charge in [-0.2, -0.15) is 0 Å². The number of nitrogens with two attached hydrogens (primary N) is 2. The van der Waals surface area contributed by atoms with E-state index >= 15 is 0 Å². The van der Waals surface area contributed by atoms with E-state index in [1.165, 1.54) is 16.0 Å². The van der Waals surface area contributed by atoms with E-state index in [-0.39, 0.29) is 5.91 Å². The Kier molecular flexibility index (Phi) is 4.21. The third-order valence-corrected chi connectivity index (χ3v) is 5.30. The number of aryl methyl sites for hydroxylation is 2. The Morgan fingerprint density at radius 3 is 2.84 bits per heavy atom. The first kappa shape index (κ1) is 14.4. The van der Waals surface area contributed by atoms with Crippen molar-refractivity contribution >= 4 is 17.7 Å². The average Bonchev–Trinajstić information content (AvgIpc) is 2.34. The van der Waals surface area contributed by atoms with Gasteiger partial charge < -0.3 is 11.5 Å². The van der Waals surface area contributed by atoms with Crippen molar-refractivity contribution in [1.82, 2.24) is 0 Å². The number of primary amides is 1. The van der Waals surface area contributed by atoms with Gasteiger partial charge >= 0.3 is 0 Å². The highest BCUT2D eigenvalue weighted by Gasteiger charge is 2.38. The van der Waals surface area contributed by atoms with Gasteiger partial charge in [0, 0.05) is 10.1 Å². The van der Waals surface area contributed by atoms with Crippen molar-refractivity contribution in [2.75, 3.05) is 0 Å². The van der Waals surface area contributed by atoms with Gasteiger partial charge in [-0.05, 0) is 51.2 Å². The van der Waals surface area contributed by atoms with E-state index in [2.05, 4.69) is 32.0 Å². The molecule has 4 heteroatoms. The number of carbonyl (C=O) groups is 1. The van der Waals surface area contributed by atoms with Crippen molar-refractivity contribution in [2.24, 2.45) is 11.5 Å². The number of hydrogen-bond donors (Lipinski definition) is 2. The van der Waals surface area contributed by atoms with Gasteiger partial charge in [-0.15, -0.1) is 11.8 Å². The Bertz CT molecular complexity index is 489. The molecule has 19 heavy (non-hydrogen) atoms. The molecule has 2 rings (SSSR count). The maximum absolute atomic E-state index is 11.5. The van der Waals surface area contributed by atoms with Crippen LogP contribution in [0.3, 0.4) is 0 Å². The van der Waals surface area contributed by atoms with Gasteiger partial charge in [0.05, 0.1) is 5.54 Å². The monoisotopic (exact) mass is 278 g/mol. The SMILES string of the molecule is Cc1ccc(C)c(SC2CCCC(N)(C(N)=O)C2)c1. The van der Waals surface area contributed by atoms with E-state index in [4.69, 9.17) is 11.5 Å². The van der Waals surface area contributed by atoms with Gasteiger partial charge in [0.15, 0.2) is 0 Å². The standard InChI is InChI=1S/C15H22N2OS/c1-10-5-6-11(2)13(8-10)19-12-4-3-7-15(17,9-12)14(16)18/h5-6,8,12H,3-4,7,9,17H2,1-2H3,(H2,16,18). The van der Waals surface area contributed by atoms with E-state index in [1.54, 1.807) is 0 Å². The van der Waals surface area contributed by atoms with Crippen molar-refractivity contribution in [1.29, 1.82) is 0 Å². The molecule has 104 valence electrons. The Morgan fingerprint density at radius 1 is 1.42 bits per heavy atom. The Hall–Kier alpha value is -1.00. The molecule has 2 unspecified atom stereocenters. The van der Waals surface area contributed by atoms with Crippen LogP contribution in [0.2, 0.25) is 0 Å². The van der Waals surface area contributed by atoms with Crippen LogP contribution >= 0.6 is 11.8 Å². The molecule has 1 aromatic carbocycles. The van der Waals surface area contributed by atoms with Gasteiger partial charge in [0.2, 0.25) is 5.91 Å². The maximum Gasteiger partial charge on any atom is 0.237 e. The number of hydrogen-bond acceptors (Lipinski definition) is 3. The van der Waals surface area contributed by atoms with Crippen LogP contribution in [0.4, 0.5) is 0 Å². The topological polar surface area (TPSA) is 69.1 Å². The molecule has 1 aliphatic rings. The summed E-state index contributed by atoms with van der Waals surface area (Å²) in [6, 6.07) is 6.47. The van der Waals surface area contributed by atoms with E-state index < -0.39 is 5.54 Å². The molecule has 1 fully saturated rings. The van der Waals surface area contributed by atoms with Crippen LogP contribution in [0.15, 0.2) is 23.1 Å². The van der Waals surface area contributed by atoms with Crippen LogP contribution in [0.1, 0.15) is 36.8 Å². The Balaban J connectivity index is 2.11. The van der Waals surface area contributed by atoms with E-state index in [0.29, 0.717) is 18.1 Å². The van der Waals surface area contributed by atoms with Gasteiger partial charge in [0.25, 0.3) is 0 Å². The summed E-state index contributed by atoms with van der Waals surface area (Å²) in [5.41, 5.74) is 13.3. The van der Waals surface area contributed by atoms with E-state index in [9.17, 15) is 4.79 Å². The second-order valence-electron chi connectivity index (χ2n) is 5.63. The predicted octanol–water partition coefficient (Wildman–Crippen LogP) is 2.52. The molecule has 0 heterocycles. The molecule has 1 amide bonds. The van der Waals surface area contributed by atoms with Crippen molar-refractivity contribution in [3.8, 4) is 0 Å². The number of thioether (sulfide) groups is 1. The fraction of sp³-hybridized carbons (Fsp3) is 0.533. The van der Waals surface area contributed by atoms with Crippen LogP contribution in [-0.2, 0) is 4.79 Å². The predicted molar refractivity (Wildman–Crippen MR) is 80.1 cm³/mol. The molecule has 4 N–H and O–H groups in total. The minimum atomic E-state index is -0.812. The molecule has 0 saturated heterocycles. The number of amides is 1. The lowest BCUT2D eigenvalue weighted by Crippen LogP contribution is -2.55. The highest BCUT2D eigenvalue weighted by molar-refractivity contribution is 8.00. The normalized spacial score (nSPS) is 27.2. The molecule has 0 bridgehead atoms. The lowest BCUT2D eigenvalue weighted by molar-refractivity contribution is -0.124. The van der Waals surface area contributed by atoms with Crippen LogP contribution in [0, 0.1) is 13.8 Å². The average molecular weight is 278 g/mol. The molecular weight excluding hydrogens is 256 g/mol. The van der Waals surface area contributed by atoms with Crippen LogP contribution in [0.25, 0.3) is 0 Å². The first-order valence-corrected chi connectivity index (χ1v) is 7.61. The van der Waals surface area contributed by atoms with Gasteiger partial charge in [-0.1, -0.05) is 17.7 Å². The first-order chi connectivity index (χ1) is 8.90. The summed E-state index contributed by atoms with van der Waals surface area (Å²) in [4.78, 5) is 12.8. The molecule has 1 aliphatic carbocycles. The molecule has 0 spiro atoms. The Labute approximate surface area is 119 Å². The number of rotatable bonds is 3. The van der Waals surface area contributed by atoms with Crippen LogP contribution < -0.4 is 11.5 Å². The maximum atomic E-state index is 11.5. The summed E-state index contributed by atoms with van der Waals surface area (Å²) in [5, 5.41) is 0.381. The second-order valence-corrected chi connectivity index (χ2v) is 6.97. The fourth-order valence-corrected chi connectivity index (χ4v) is 4.13. The zero-order valence-corrected chi connectivity index (χ0v) is 12.4. The smallest absolute Gasteiger partial charge is 0.237 e. The highest BCUT2D eigenvalue weighted by atomic mass is 32.2. The third-order valence-electron chi connectivity index (χ3n) is 3.87. The second kappa shape index (κ2) is 5.55. The minimum absolute atomic E-state index is 0.362. The molecule has 1 aromatic rings. The summed E-state index contributed by atoms with van der Waals surface area (Å²) in [7, 11) is 0. The van der Waals surface area contributed by atoms with Crippen molar-refractivity contribution in [2.45, 2.75) is 55.2 Å². The molecule has 2 atom stereocenters. The Morgan fingerprint density at radius 2 is 2.16 bits per heavy atom. The van der Waals surface area contributed by atoms with E-state index in [0.717, 1.165) is 12.8 Å². The summed E-state index contributed by atoms with van der Waals surface area (Å²) < 4.78 is 0. The molecular formula is C15H22N2OS. The summed E-state index contributed by atoms with van der Waals surface area (Å²) in [6.07, 6.45) is 3.47. The third kappa shape index (κ3) is 3.31. The lowest BCUT2D eigenvalue weighted by Gasteiger charge is -2.35. The quantitative estimate of drug-likeness (QED) is 0.892. The van der Waals surface area contributed by atoms with Crippen LogP contribution in [-0.4, -0.2) is 16.7 Å². The summed E-state index contributed by atoms with van der Waals surface area (Å²) in [5.74, 6) is -0.362. The highest BCUT2D eigenvalue weighted by Crippen LogP contribution is 2.38. The van der Waals surface area contributed by atoms with Crippen molar-refractivity contribution < 1.29 is 4.79 Å². The van der Waals surface area contributed by atoms with Crippen molar-refractivity contribution in [3.05, 3.63) is 29.3 Å². The summed E-state index contributed by atoms with van der Waals surface area (Å²) in [6.45, 7) is 4.22. The van der Waals surface area contributed by atoms with E-state index in [1.807, 2.05) is 11.8 Å². The molecule has 0 aliphatic heterocycles. The zero-order valence-electron chi connectivity index (χ0n) is 11.6. The summed E-state index contributed by atoms with van der Waals surface area (Å²) >= 11 is 1.84. The lowest BCUT2D eigenvalue weighted by atomic mass is 9.82. The van der Waals surface area contributed by atoms with Gasteiger partial charge in [-0.25, -0.2) is 0 Å². The number of carbonyl (C=O) groups excluding carboxylic acids is 1. The zero-order chi connectivity index (χ0) is 14.0. The molecule has 0 radical (unpaired) electrons. The molecule has 3 nitrogen and oxygen atoms in total.